The fraction of sp³-hybridized carbons (Fsp3) is 0.548. The number of hydrogen-bond donors (Lipinski definition) is 2. The summed E-state index contributed by atoms with van der Waals surface area (Å²) >= 11 is 1.35. The van der Waals surface area contributed by atoms with E-state index in [-0.39, 0.29) is 35.5 Å². The van der Waals surface area contributed by atoms with E-state index in [4.69, 9.17) is 4.74 Å². The molecule has 0 aliphatic heterocycles. The molecule has 0 radical (unpaired) electrons. The van der Waals surface area contributed by atoms with Crippen LogP contribution in [-0.2, 0) is 20.7 Å². The van der Waals surface area contributed by atoms with E-state index in [2.05, 4.69) is 37.7 Å². The number of thiazole rings is 1. The van der Waals surface area contributed by atoms with Gasteiger partial charge in [0.1, 0.15) is 16.8 Å². The molecule has 0 saturated heterocycles. The van der Waals surface area contributed by atoms with E-state index in [9.17, 15) is 19.5 Å². The maximum absolute atomic E-state index is 13.3. The summed E-state index contributed by atoms with van der Waals surface area (Å²) < 4.78 is 6.10. The SMILES string of the molecule is C=CCOC(CC(C(C)C)N(C)C(=O)CCCC)c1nc(C(=O)NC(Cc2ccccc2)CC(C)C(=O)O)cs1. The summed E-state index contributed by atoms with van der Waals surface area (Å²) in [6.07, 6.45) is 4.95. The number of carbonyl (C=O) groups excluding carboxylic acids is 2. The molecule has 220 valence electrons. The molecule has 9 heteroatoms. The zero-order chi connectivity index (χ0) is 29.7. The van der Waals surface area contributed by atoms with E-state index >= 15 is 0 Å². The monoisotopic (exact) mass is 571 g/mol. The minimum atomic E-state index is -0.900. The van der Waals surface area contributed by atoms with Gasteiger partial charge in [-0.3, -0.25) is 14.4 Å². The van der Waals surface area contributed by atoms with Crippen LogP contribution in [0.2, 0.25) is 0 Å². The van der Waals surface area contributed by atoms with Gasteiger partial charge in [0.15, 0.2) is 0 Å². The van der Waals surface area contributed by atoms with Crippen LogP contribution in [0, 0.1) is 11.8 Å². The van der Waals surface area contributed by atoms with Gasteiger partial charge in [0.25, 0.3) is 5.91 Å². The Morgan fingerprint density at radius 2 is 1.88 bits per heavy atom. The lowest BCUT2D eigenvalue weighted by Gasteiger charge is -2.33. The number of aliphatic carboxylic acids is 1. The molecule has 1 heterocycles. The van der Waals surface area contributed by atoms with Gasteiger partial charge in [-0.25, -0.2) is 4.98 Å². The molecule has 4 unspecified atom stereocenters. The number of ether oxygens (including phenoxy) is 1. The first-order valence-electron chi connectivity index (χ1n) is 14.1. The first-order valence-corrected chi connectivity index (χ1v) is 15.0. The highest BCUT2D eigenvalue weighted by Gasteiger charge is 2.29. The Bertz CT molecular complexity index is 1090. The van der Waals surface area contributed by atoms with Gasteiger partial charge in [0.2, 0.25) is 5.91 Å². The van der Waals surface area contributed by atoms with Crippen molar-refractivity contribution in [3.05, 3.63) is 64.6 Å². The molecule has 2 N–H and O–H groups in total. The Morgan fingerprint density at radius 3 is 2.48 bits per heavy atom. The Labute approximate surface area is 242 Å². The van der Waals surface area contributed by atoms with E-state index in [0.717, 1.165) is 18.4 Å². The van der Waals surface area contributed by atoms with Crippen LogP contribution < -0.4 is 5.32 Å². The van der Waals surface area contributed by atoms with Crippen LogP contribution in [0.5, 0.6) is 0 Å². The van der Waals surface area contributed by atoms with Gasteiger partial charge in [-0.1, -0.05) is 70.5 Å². The van der Waals surface area contributed by atoms with Gasteiger partial charge < -0.3 is 20.1 Å². The molecule has 0 spiro atoms. The lowest BCUT2D eigenvalue weighted by Crippen LogP contribution is -2.41. The number of amides is 2. The maximum Gasteiger partial charge on any atom is 0.306 e. The third kappa shape index (κ3) is 10.5. The normalized spacial score (nSPS) is 14.2. The predicted octanol–water partition coefficient (Wildman–Crippen LogP) is 5.90. The summed E-state index contributed by atoms with van der Waals surface area (Å²) in [4.78, 5) is 44.0. The molecule has 1 aromatic heterocycles. The van der Waals surface area contributed by atoms with Gasteiger partial charge in [0.05, 0.1) is 12.5 Å². The third-order valence-electron chi connectivity index (χ3n) is 7.03. The van der Waals surface area contributed by atoms with Gasteiger partial charge in [-0.15, -0.1) is 17.9 Å². The molecule has 0 saturated carbocycles. The summed E-state index contributed by atoms with van der Waals surface area (Å²) in [5, 5.41) is 14.8. The molecule has 0 aliphatic rings. The van der Waals surface area contributed by atoms with Crippen molar-refractivity contribution in [3.63, 3.8) is 0 Å². The molecule has 0 fully saturated rings. The van der Waals surface area contributed by atoms with Crippen LogP contribution >= 0.6 is 11.3 Å². The number of rotatable bonds is 18. The average molecular weight is 572 g/mol. The van der Waals surface area contributed by atoms with Gasteiger partial charge >= 0.3 is 5.97 Å². The molecular formula is C31H45N3O5S. The van der Waals surface area contributed by atoms with Crippen molar-refractivity contribution < 1.29 is 24.2 Å². The number of benzene rings is 1. The molecule has 40 heavy (non-hydrogen) atoms. The third-order valence-corrected chi connectivity index (χ3v) is 7.96. The fourth-order valence-electron chi connectivity index (χ4n) is 4.63. The second-order valence-corrected chi connectivity index (χ2v) is 11.6. The van der Waals surface area contributed by atoms with Crippen molar-refractivity contribution in [1.82, 2.24) is 15.2 Å². The summed E-state index contributed by atoms with van der Waals surface area (Å²) in [5.41, 5.74) is 1.28. The minimum Gasteiger partial charge on any atom is -0.481 e. The van der Waals surface area contributed by atoms with Crippen LogP contribution in [0.3, 0.4) is 0 Å². The quantitative estimate of drug-likeness (QED) is 0.216. The Morgan fingerprint density at radius 1 is 1.18 bits per heavy atom. The van der Waals surface area contributed by atoms with Crippen LogP contribution in [0.15, 0.2) is 48.4 Å². The first kappa shape index (κ1) is 33.2. The van der Waals surface area contributed by atoms with Crippen LogP contribution in [0.4, 0.5) is 0 Å². The number of hydrogen-bond acceptors (Lipinski definition) is 6. The standard InChI is InChI=1S/C31H45N3O5S/c1-7-9-15-28(35)34(6)26(21(3)4)19-27(39-16-8-2)30-33-25(20-40-30)29(36)32-24(17-22(5)31(37)38)18-23-13-11-10-12-14-23/h8,10-14,20-22,24,26-27H,2,7,9,15-19H2,1,3-6H3,(H,32,36)(H,37,38). The van der Waals surface area contributed by atoms with Crippen LogP contribution in [0.1, 0.15) is 87.0 Å². The maximum atomic E-state index is 13.3. The lowest BCUT2D eigenvalue weighted by molar-refractivity contribution is -0.141. The second kappa shape index (κ2) is 16.9. The summed E-state index contributed by atoms with van der Waals surface area (Å²) in [7, 11) is 1.85. The average Bonchev–Trinajstić information content (AvgIpc) is 3.42. The zero-order valence-corrected chi connectivity index (χ0v) is 25.3. The zero-order valence-electron chi connectivity index (χ0n) is 24.5. The fourth-order valence-corrected chi connectivity index (χ4v) is 5.49. The van der Waals surface area contributed by atoms with Gasteiger partial charge in [-0.05, 0) is 30.7 Å². The van der Waals surface area contributed by atoms with Crippen molar-refractivity contribution in [2.24, 2.45) is 11.8 Å². The molecule has 2 rings (SSSR count). The smallest absolute Gasteiger partial charge is 0.306 e. The highest BCUT2D eigenvalue weighted by molar-refractivity contribution is 7.09. The van der Waals surface area contributed by atoms with Gasteiger partial charge in [0, 0.05) is 37.4 Å². The number of nitrogens with zero attached hydrogens (tertiary/aromatic N) is 2. The number of unbranched alkanes of at least 4 members (excludes halogenated alkanes) is 1. The van der Waals surface area contributed by atoms with E-state index in [1.54, 1.807) is 18.4 Å². The van der Waals surface area contributed by atoms with E-state index in [1.807, 2.05) is 42.3 Å². The number of aromatic nitrogens is 1. The number of nitrogens with one attached hydrogen (secondary N) is 1. The van der Waals surface area contributed by atoms with E-state index < -0.39 is 18.0 Å². The second-order valence-electron chi connectivity index (χ2n) is 10.7. The first-order chi connectivity index (χ1) is 19.1. The Hall–Kier alpha value is -3.04. The van der Waals surface area contributed by atoms with E-state index in [0.29, 0.717) is 37.3 Å². The molecule has 0 aliphatic carbocycles. The molecule has 4 atom stereocenters. The number of carbonyl (C=O) groups is 3. The Kier molecular flexibility index (Phi) is 14.0. The molecule has 2 aromatic rings. The molecule has 1 aromatic carbocycles. The van der Waals surface area contributed by atoms with Crippen molar-refractivity contribution in [2.75, 3.05) is 13.7 Å². The summed E-state index contributed by atoms with van der Waals surface area (Å²) in [5.74, 6) is -1.55. The lowest BCUT2D eigenvalue weighted by atomic mass is 9.96. The summed E-state index contributed by atoms with van der Waals surface area (Å²) in [6, 6.07) is 9.25. The molecular weight excluding hydrogens is 526 g/mol. The molecule has 2 amide bonds. The van der Waals surface area contributed by atoms with Crippen LogP contribution in [0.25, 0.3) is 0 Å². The van der Waals surface area contributed by atoms with Crippen molar-refractivity contribution in [2.45, 2.75) is 84.4 Å². The van der Waals surface area contributed by atoms with E-state index in [1.165, 1.54) is 11.3 Å². The number of carboxylic acids is 1. The Balaban J connectivity index is 2.22. The van der Waals surface area contributed by atoms with Crippen molar-refractivity contribution >= 4 is 29.1 Å². The highest BCUT2D eigenvalue weighted by atomic mass is 32.1. The molecule has 0 bridgehead atoms. The molecule has 8 nitrogen and oxygen atoms in total. The highest BCUT2D eigenvalue weighted by Crippen LogP contribution is 2.30. The van der Waals surface area contributed by atoms with Crippen molar-refractivity contribution in [3.8, 4) is 0 Å². The largest absolute Gasteiger partial charge is 0.481 e. The van der Waals surface area contributed by atoms with Crippen LogP contribution in [-0.4, -0.2) is 58.5 Å². The topological polar surface area (TPSA) is 109 Å². The number of carboxylic acid groups (broad SMARTS) is 1. The predicted molar refractivity (Wildman–Crippen MR) is 159 cm³/mol. The van der Waals surface area contributed by atoms with Gasteiger partial charge in [-0.2, -0.15) is 0 Å². The summed E-state index contributed by atoms with van der Waals surface area (Å²) in [6.45, 7) is 12.0. The van der Waals surface area contributed by atoms with Crippen molar-refractivity contribution in [1.29, 1.82) is 0 Å². The minimum absolute atomic E-state index is 0.0619.